The molecule has 0 saturated carbocycles. The lowest BCUT2D eigenvalue weighted by Gasteiger charge is -2.30. The number of amides is 2. The minimum atomic E-state index is -3.48. The van der Waals surface area contributed by atoms with E-state index in [4.69, 9.17) is 0 Å². The van der Waals surface area contributed by atoms with Crippen molar-refractivity contribution in [2.75, 3.05) is 23.7 Å². The van der Waals surface area contributed by atoms with Crippen LogP contribution in [0.3, 0.4) is 0 Å². The largest absolute Gasteiger partial charge is 0.355 e. The molecule has 0 spiro atoms. The highest BCUT2D eigenvalue weighted by Crippen LogP contribution is 2.19. The molecule has 2 rings (SSSR count). The molecule has 32 heavy (non-hydrogen) atoms. The summed E-state index contributed by atoms with van der Waals surface area (Å²) in [4.78, 5) is 27.2. The Labute approximate surface area is 191 Å². The average Bonchev–Trinajstić information content (AvgIpc) is 2.75. The second kappa shape index (κ2) is 11.7. The quantitative estimate of drug-likeness (QED) is 0.559. The number of anilines is 1. The van der Waals surface area contributed by atoms with Crippen molar-refractivity contribution in [3.8, 4) is 0 Å². The first-order valence-electron chi connectivity index (χ1n) is 10.8. The van der Waals surface area contributed by atoms with Gasteiger partial charge in [-0.1, -0.05) is 42.5 Å². The number of benzene rings is 2. The molecule has 0 aliphatic heterocycles. The predicted octanol–water partition coefficient (Wildman–Crippen LogP) is 3.09. The summed E-state index contributed by atoms with van der Waals surface area (Å²) in [6.45, 7) is 6.50. The van der Waals surface area contributed by atoms with Crippen LogP contribution < -0.4 is 9.62 Å². The topological polar surface area (TPSA) is 86.8 Å². The van der Waals surface area contributed by atoms with Crippen LogP contribution in [0.1, 0.15) is 37.8 Å². The maximum Gasteiger partial charge on any atom is 0.242 e. The van der Waals surface area contributed by atoms with Crippen molar-refractivity contribution in [1.82, 2.24) is 10.2 Å². The molecule has 0 aromatic heterocycles. The SMILES string of the molecule is CCNC(=O)[C@H](C)N(Cc1ccccc1C)C(=O)CCCN(c1ccccc1)S(C)(=O)=O. The Kier molecular flexibility index (Phi) is 9.26. The van der Waals surface area contributed by atoms with Crippen molar-refractivity contribution in [2.45, 2.75) is 46.2 Å². The summed E-state index contributed by atoms with van der Waals surface area (Å²) in [7, 11) is -3.48. The molecule has 0 fully saturated rings. The fourth-order valence-electron chi connectivity index (χ4n) is 3.47. The Morgan fingerprint density at radius 2 is 1.66 bits per heavy atom. The Balaban J connectivity index is 2.14. The zero-order chi connectivity index (χ0) is 23.7. The van der Waals surface area contributed by atoms with Gasteiger partial charge >= 0.3 is 0 Å². The Morgan fingerprint density at radius 3 is 2.25 bits per heavy atom. The van der Waals surface area contributed by atoms with E-state index in [9.17, 15) is 18.0 Å². The van der Waals surface area contributed by atoms with Crippen molar-refractivity contribution < 1.29 is 18.0 Å². The lowest BCUT2D eigenvalue weighted by Crippen LogP contribution is -2.47. The smallest absolute Gasteiger partial charge is 0.242 e. The van der Waals surface area contributed by atoms with Gasteiger partial charge in [0.2, 0.25) is 21.8 Å². The minimum Gasteiger partial charge on any atom is -0.355 e. The Morgan fingerprint density at radius 1 is 1.03 bits per heavy atom. The molecule has 0 radical (unpaired) electrons. The number of para-hydroxylation sites is 1. The second-order valence-corrected chi connectivity index (χ2v) is 9.70. The summed E-state index contributed by atoms with van der Waals surface area (Å²) < 4.78 is 25.8. The van der Waals surface area contributed by atoms with Crippen molar-refractivity contribution in [1.29, 1.82) is 0 Å². The van der Waals surface area contributed by atoms with E-state index >= 15 is 0 Å². The van der Waals surface area contributed by atoms with Crippen molar-refractivity contribution in [3.05, 3.63) is 65.7 Å². The van der Waals surface area contributed by atoms with Gasteiger partial charge in [0.15, 0.2) is 0 Å². The molecule has 2 amide bonds. The summed E-state index contributed by atoms with van der Waals surface area (Å²) in [5, 5.41) is 2.78. The molecule has 1 N–H and O–H groups in total. The summed E-state index contributed by atoms with van der Waals surface area (Å²) in [5.74, 6) is -0.398. The van der Waals surface area contributed by atoms with Gasteiger partial charge in [0, 0.05) is 26.1 Å². The van der Waals surface area contributed by atoms with Gasteiger partial charge in [-0.25, -0.2) is 8.42 Å². The summed E-state index contributed by atoms with van der Waals surface area (Å²) in [6.07, 6.45) is 1.63. The predicted molar refractivity (Wildman–Crippen MR) is 128 cm³/mol. The van der Waals surface area contributed by atoms with E-state index in [1.54, 1.807) is 36.1 Å². The molecule has 8 heteroatoms. The van der Waals surface area contributed by atoms with E-state index in [0.29, 0.717) is 25.2 Å². The zero-order valence-electron chi connectivity index (χ0n) is 19.2. The first-order valence-corrected chi connectivity index (χ1v) is 12.6. The second-order valence-electron chi connectivity index (χ2n) is 7.79. The minimum absolute atomic E-state index is 0.133. The van der Waals surface area contributed by atoms with Crippen LogP contribution in [-0.2, 0) is 26.2 Å². The number of carbonyl (C=O) groups excluding carboxylic acids is 2. The van der Waals surface area contributed by atoms with E-state index in [-0.39, 0.29) is 24.8 Å². The van der Waals surface area contributed by atoms with Crippen LogP contribution in [0.25, 0.3) is 0 Å². The molecule has 0 unspecified atom stereocenters. The van der Waals surface area contributed by atoms with Gasteiger partial charge in [-0.3, -0.25) is 13.9 Å². The Bertz CT molecular complexity index is 1010. The number of sulfonamides is 1. The monoisotopic (exact) mass is 459 g/mol. The molecule has 2 aromatic rings. The lowest BCUT2D eigenvalue weighted by atomic mass is 10.1. The zero-order valence-corrected chi connectivity index (χ0v) is 20.1. The Hall–Kier alpha value is -2.87. The highest BCUT2D eigenvalue weighted by molar-refractivity contribution is 7.92. The molecule has 0 aliphatic rings. The molecule has 7 nitrogen and oxygen atoms in total. The lowest BCUT2D eigenvalue weighted by molar-refractivity contribution is -0.140. The number of aryl methyl sites for hydroxylation is 1. The number of likely N-dealkylation sites (N-methyl/N-ethyl adjacent to an activating group) is 1. The number of nitrogens with one attached hydrogen (secondary N) is 1. The van der Waals surface area contributed by atoms with E-state index in [0.717, 1.165) is 17.4 Å². The van der Waals surface area contributed by atoms with Gasteiger partial charge in [-0.05, 0) is 50.5 Å². The van der Waals surface area contributed by atoms with E-state index < -0.39 is 16.1 Å². The van der Waals surface area contributed by atoms with Gasteiger partial charge in [0.1, 0.15) is 6.04 Å². The molecular formula is C24H33N3O4S. The van der Waals surface area contributed by atoms with Crippen LogP contribution in [0.15, 0.2) is 54.6 Å². The fourth-order valence-corrected chi connectivity index (χ4v) is 4.44. The van der Waals surface area contributed by atoms with E-state index in [1.807, 2.05) is 44.2 Å². The number of carbonyl (C=O) groups is 2. The van der Waals surface area contributed by atoms with Gasteiger partial charge < -0.3 is 10.2 Å². The summed E-state index contributed by atoms with van der Waals surface area (Å²) in [5.41, 5.74) is 2.58. The van der Waals surface area contributed by atoms with E-state index in [1.165, 1.54) is 4.31 Å². The summed E-state index contributed by atoms with van der Waals surface area (Å²) in [6, 6.07) is 15.9. The van der Waals surface area contributed by atoms with Crippen LogP contribution >= 0.6 is 0 Å². The number of hydrogen-bond donors (Lipinski definition) is 1. The van der Waals surface area contributed by atoms with Crippen molar-refractivity contribution in [2.24, 2.45) is 0 Å². The van der Waals surface area contributed by atoms with Crippen LogP contribution in [0.4, 0.5) is 5.69 Å². The van der Waals surface area contributed by atoms with Crippen molar-refractivity contribution in [3.63, 3.8) is 0 Å². The number of nitrogens with zero attached hydrogens (tertiary/aromatic N) is 2. The summed E-state index contributed by atoms with van der Waals surface area (Å²) >= 11 is 0. The van der Waals surface area contributed by atoms with Crippen LogP contribution in [0, 0.1) is 6.92 Å². The number of hydrogen-bond acceptors (Lipinski definition) is 4. The maximum atomic E-state index is 13.2. The van der Waals surface area contributed by atoms with Gasteiger partial charge in [-0.2, -0.15) is 0 Å². The van der Waals surface area contributed by atoms with Crippen molar-refractivity contribution >= 4 is 27.5 Å². The third-order valence-electron chi connectivity index (χ3n) is 5.32. The standard InChI is InChI=1S/C24H33N3O4S/c1-5-25-24(29)20(3)26(18-21-13-10-9-12-19(21)2)23(28)16-11-17-27(32(4,30)31)22-14-7-6-8-15-22/h6-10,12-15,20H,5,11,16-18H2,1-4H3,(H,25,29)/t20-/m0/s1. The van der Waals surface area contributed by atoms with Crippen LogP contribution in [0.2, 0.25) is 0 Å². The highest BCUT2D eigenvalue weighted by atomic mass is 32.2. The third-order valence-corrected chi connectivity index (χ3v) is 6.51. The maximum absolute atomic E-state index is 13.2. The number of rotatable bonds is 11. The average molecular weight is 460 g/mol. The van der Waals surface area contributed by atoms with Crippen LogP contribution in [-0.4, -0.2) is 50.5 Å². The molecule has 0 saturated heterocycles. The van der Waals surface area contributed by atoms with Gasteiger partial charge in [0.25, 0.3) is 0 Å². The third kappa shape index (κ3) is 7.09. The molecule has 2 aromatic carbocycles. The van der Waals surface area contributed by atoms with Gasteiger partial charge in [0.05, 0.1) is 11.9 Å². The molecule has 0 aliphatic carbocycles. The highest BCUT2D eigenvalue weighted by Gasteiger charge is 2.26. The first-order chi connectivity index (χ1) is 15.1. The van der Waals surface area contributed by atoms with Crippen LogP contribution in [0.5, 0.6) is 0 Å². The molecule has 174 valence electrons. The van der Waals surface area contributed by atoms with E-state index in [2.05, 4.69) is 5.32 Å². The molecule has 0 bridgehead atoms. The van der Waals surface area contributed by atoms with Gasteiger partial charge in [-0.15, -0.1) is 0 Å². The normalized spacial score (nSPS) is 12.1. The molecular weight excluding hydrogens is 426 g/mol. The molecule has 0 heterocycles. The first kappa shape index (κ1) is 25.4. The molecule has 1 atom stereocenters. The fraction of sp³-hybridized carbons (Fsp3) is 0.417.